The van der Waals surface area contributed by atoms with Crippen molar-refractivity contribution in [2.75, 3.05) is 5.32 Å². The summed E-state index contributed by atoms with van der Waals surface area (Å²) >= 11 is 0. The number of nitrogens with zero attached hydrogens (tertiary/aromatic N) is 5. The van der Waals surface area contributed by atoms with Gasteiger partial charge < -0.3 is 5.32 Å². The minimum Gasteiger partial charge on any atom is -0.366 e. The van der Waals surface area contributed by atoms with Gasteiger partial charge in [-0.05, 0) is 18.6 Å². The highest BCUT2D eigenvalue weighted by Gasteiger charge is 2.34. The van der Waals surface area contributed by atoms with Crippen molar-refractivity contribution in [2.24, 2.45) is 7.05 Å². The Bertz CT molecular complexity index is 889. The predicted molar refractivity (Wildman–Crippen MR) is 90.2 cm³/mol. The Morgan fingerprint density at radius 1 is 1.19 bits per heavy atom. The van der Waals surface area contributed by atoms with Gasteiger partial charge >= 0.3 is 6.18 Å². The molecule has 0 fully saturated rings. The molecule has 26 heavy (non-hydrogen) atoms. The van der Waals surface area contributed by atoms with Crippen LogP contribution in [-0.2, 0) is 26.2 Å². The second-order valence-corrected chi connectivity index (χ2v) is 5.66. The van der Waals surface area contributed by atoms with E-state index in [0.717, 1.165) is 23.7 Å². The molecule has 0 aliphatic rings. The summed E-state index contributed by atoms with van der Waals surface area (Å²) in [5.41, 5.74) is 1.05. The lowest BCUT2D eigenvalue weighted by molar-refractivity contribution is -0.141. The molecule has 136 valence electrons. The summed E-state index contributed by atoms with van der Waals surface area (Å²) in [5.74, 6) is 0.00344. The van der Waals surface area contributed by atoms with Gasteiger partial charge in [0.2, 0.25) is 0 Å². The number of alkyl halides is 3. The van der Waals surface area contributed by atoms with Gasteiger partial charge in [-0.25, -0.2) is 9.97 Å². The van der Waals surface area contributed by atoms with Crippen LogP contribution >= 0.6 is 0 Å². The largest absolute Gasteiger partial charge is 0.433 e. The molecule has 0 atom stereocenters. The van der Waals surface area contributed by atoms with Crippen molar-refractivity contribution in [2.45, 2.75) is 26.1 Å². The van der Waals surface area contributed by atoms with E-state index in [-0.39, 0.29) is 17.3 Å². The molecule has 0 spiro atoms. The molecule has 0 saturated carbocycles. The zero-order chi connectivity index (χ0) is 18.7. The van der Waals surface area contributed by atoms with E-state index in [1.807, 2.05) is 13.1 Å². The van der Waals surface area contributed by atoms with Crippen molar-refractivity contribution in [1.29, 1.82) is 0 Å². The lowest BCUT2D eigenvalue weighted by atomic mass is 10.2. The smallest absolute Gasteiger partial charge is 0.366 e. The standard InChI is InChI=1S/C17H17F3N6/c1-3-12-11(10-26(2)25-12)9-22-15-8-14(17(18,19)20)23-16(24-15)13-6-4-5-7-21-13/h4-8,10H,3,9H2,1-2H3,(H,22,23,24). The first-order valence-electron chi connectivity index (χ1n) is 7.99. The molecule has 0 radical (unpaired) electrons. The molecule has 9 heteroatoms. The molecule has 0 bridgehead atoms. The van der Waals surface area contributed by atoms with Gasteiger partial charge in [0, 0.05) is 37.6 Å². The number of nitrogens with one attached hydrogen (secondary N) is 1. The van der Waals surface area contributed by atoms with Crippen molar-refractivity contribution >= 4 is 5.82 Å². The number of halogens is 3. The van der Waals surface area contributed by atoms with Gasteiger partial charge in [-0.1, -0.05) is 13.0 Å². The topological polar surface area (TPSA) is 68.5 Å². The van der Waals surface area contributed by atoms with Crippen LogP contribution < -0.4 is 5.32 Å². The molecule has 0 unspecified atom stereocenters. The summed E-state index contributed by atoms with van der Waals surface area (Å²) in [5, 5.41) is 7.26. The molecule has 3 aromatic heterocycles. The van der Waals surface area contributed by atoms with E-state index in [0.29, 0.717) is 6.54 Å². The third kappa shape index (κ3) is 3.98. The van der Waals surface area contributed by atoms with Gasteiger partial charge in [0.1, 0.15) is 11.5 Å². The van der Waals surface area contributed by atoms with Crippen LogP contribution in [0.3, 0.4) is 0 Å². The summed E-state index contributed by atoms with van der Waals surface area (Å²) in [4.78, 5) is 11.8. The summed E-state index contributed by atoms with van der Waals surface area (Å²) in [7, 11) is 1.80. The Balaban J connectivity index is 1.93. The number of hydrogen-bond donors (Lipinski definition) is 1. The highest BCUT2D eigenvalue weighted by atomic mass is 19.4. The molecule has 1 N–H and O–H groups in total. The van der Waals surface area contributed by atoms with Gasteiger partial charge in [0.05, 0.1) is 5.69 Å². The molecule has 0 saturated heterocycles. The van der Waals surface area contributed by atoms with E-state index in [4.69, 9.17) is 0 Å². The lowest BCUT2D eigenvalue weighted by Crippen LogP contribution is -2.12. The molecule has 6 nitrogen and oxygen atoms in total. The van der Waals surface area contributed by atoms with Gasteiger partial charge in [-0.3, -0.25) is 9.67 Å². The maximum absolute atomic E-state index is 13.2. The van der Waals surface area contributed by atoms with Gasteiger partial charge in [-0.2, -0.15) is 18.3 Å². The summed E-state index contributed by atoms with van der Waals surface area (Å²) < 4.78 is 41.3. The van der Waals surface area contributed by atoms with Crippen LogP contribution in [-0.4, -0.2) is 24.7 Å². The minimum absolute atomic E-state index is 0.0789. The number of anilines is 1. The zero-order valence-electron chi connectivity index (χ0n) is 14.2. The first-order valence-corrected chi connectivity index (χ1v) is 7.99. The van der Waals surface area contributed by atoms with Gasteiger partial charge in [-0.15, -0.1) is 0 Å². The Labute approximate surface area is 148 Å². The fourth-order valence-electron chi connectivity index (χ4n) is 2.51. The zero-order valence-corrected chi connectivity index (χ0v) is 14.2. The van der Waals surface area contributed by atoms with Crippen LogP contribution in [0.4, 0.5) is 19.0 Å². The average Bonchev–Trinajstić information content (AvgIpc) is 2.99. The van der Waals surface area contributed by atoms with Crippen LogP contribution in [0.1, 0.15) is 23.9 Å². The molecule has 3 rings (SSSR count). The number of aromatic nitrogens is 5. The van der Waals surface area contributed by atoms with Crippen LogP contribution in [0, 0.1) is 0 Å². The highest BCUT2D eigenvalue weighted by molar-refractivity contribution is 5.53. The van der Waals surface area contributed by atoms with E-state index in [1.165, 1.54) is 6.20 Å². The maximum atomic E-state index is 13.2. The van der Waals surface area contributed by atoms with Gasteiger partial charge in [0.25, 0.3) is 0 Å². The predicted octanol–water partition coefficient (Wildman–Crippen LogP) is 3.47. The van der Waals surface area contributed by atoms with Crippen LogP contribution in [0.15, 0.2) is 36.7 Å². The fraction of sp³-hybridized carbons (Fsp3) is 0.294. The van der Waals surface area contributed by atoms with Crippen molar-refractivity contribution in [3.05, 3.63) is 53.6 Å². The van der Waals surface area contributed by atoms with Gasteiger partial charge in [0.15, 0.2) is 11.5 Å². The third-order valence-electron chi connectivity index (χ3n) is 3.70. The number of pyridine rings is 1. The van der Waals surface area contributed by atoms with E-state index in [1.54, 1.807) is 29.9 Å². The van der Waals surface area contributed by atoms with E-state index < -0.39 is 11.9 Å². The van der Waals surface area contributed by atoms with Crippen LogP contribution in [0.2, 0.25) is 0 Å². The molecule has 0 aromatic carbocycles. The average molecular weight is 362 g/mol. The highest BCUT2D eigenvalue weighted by Crippen LogP contribution is 2.30. The molecule has 3 aromatic rings. The third-order valence-corrected chi connectivity index (χ3v) is 3.70. The Hall–Kier alpha value is -2.97. The summed E-state index contributed by atoms with van der Waals surface area (Å²) in [6, 6.07) is 5.80. The first kappa shape index (κ1) is 17.8. The Morgan fingerprint density at radius 3 is 2.65 bits per heavy atom. The lowest BCUT2D eigenvalue weighted by Gasteiger charge is -2.11. The summed E-state index contributed by atoms with van der Waals surface area (Å²) in [6.45, 7) is 2.28. The molecule has 0 aliphatic heterocycles. The fourth-order valence-corrected chi connectivity index (χ4v) is 2.51. The maximum Gasteiger partial charge on any atom is 0.433 e. The van der Waals surface area contributed by atoms with Crippen LogP contribution in [0.25, 0.3) is 11.5 Å². The molecular weight excluding hydrogens is 345 g/mol. The Kier molecular flexibility index (Phi) is 4.88. The second-order valence-electron chi connectivity index (χ2n) is 5.66. The number of aryl methyl sites for hydroxylation is 2. The molecule has 3 heterocycles. The second kappa shape index (κ2) is 7.11. The van der Waals surface area contributed by atoms with E-state index in [2.05, 4.69) is 25.4 Å². The molecule has 0 amide bonds. The van der Waals surface area contributed by atoms with Crippen molar-refractivity contribution in [3.8, 4) is 11.5 Å². The van der Waals surface area contributed by atoms with Crippen molar-refractivity contribution in [1.82, 2.24) is 24.7 Å². The SMILES string of the molecule is CCc1nn(C)cc1CNc1cc(C(F)(F)F)nc(-c2ccccn2)n1. The Morgan fingerprint density at radius 2 is 2.00 bits per heavy atom. The number of rotatable bonds is 5. The van der Waals surface area contributed by atoms with Crippen molar-refractivity contribution < 1.29 is 13.2 Å². The normalized spacial score (nSPS) is 11.6. The van der Waals surface area contributed by atoms with Crippen LogP contribution in [0.5, 0.6) is 0 Å². The molecule has 0 aliphatic carbocycles. The minimum atomic E-state index is -4.58. The molecular formula is C17H17F3N6. The first-order chi connectivity index (χ1) is 12.4. The van der Waals surface area contributed by atoms with E-state index >= 15 is 0 Å². The van der Waals surface area contributed by atoms with Crippen molar-refractivity contribution in [3.63, 3.8) is 0 Å². The quantitative estimate of drug-likeness (QED) is 0.753. The van der Waals surface area contributed by atoms with E-state index in [9.17, 15) is 13.2 Å². The number of hydrogen-bond acceptors (Lipinski definition) is 5. The monoisotopic (exact) mass is 362 g/mol. The summed E-state index contributed by atoms with van der Waals surface area (Å²) in [6.07, 6.45) is -0.535.